The Hall–Kier alpha value is -1.80. The molecule has 0 saturated carbocycles. The molecule has 0 saturated heterocycles. The molecule has 21 heavy (non-hydrogen) atoms. The van der Waals surface area contributed by atoms with Crippen molar-refractivity contribution in [3.05, 3.63) is 65.2 Å². The minimum absolute atomic E-state index is 0.0556. The van der Waals surface area contributed by atoms with Crippen LogP contribution >= 0.6 is 0 Å². The summed E-state index contributed by atoms with van der Waals surface area (Å²) < 4.78 is 5.23. The van der Waals surface area contributed by atoms with Gasteiger partial charge in [-0.2, -0.15) is 0 Å². The van der Waals surface area contributed by atoms with Gasteiger partial charge in [-0.25, -0.2) is 0 Å². The monoisotopic (exact) mass is 283 g/mol. The molecule has 0 spiro atoms. The first-order chi connectivity index (χ1) is 10.1. The van der Waals surface area contributed by atoms with Crippen LogP contribution in [-0.4, -0.2) is 13.7 Å². The molecular formula is C19H25NO. The second-order valence-corrected chi connectivity index (χ2v) is 5.84. The summed E-state index contributed by atoms with van der Waals surface area (Å²) in [4.78, 5) is 0. The van der Waals surface area contributed by atoms with Gasteiger partial charge in [0.2, 0.25) is 0 Å². The predicted molar refractivity (Wildman–Crippen MR) is 88.9 cm³/mol. The van der Waals surface area contributed by atoms with E-state index in [0.29, 0.717) is 6.54 Å². The van der Waals surface area contributed by atoms with E-state index < -0.39 is 0 Å². The summed E-state index contributed by atoms with van der Waals surface area (Å²) in [6, 6.07) is 17.1. The molecule has 1 atom stereocenters. The SMILES string of the molecule is CCc1ccc(CC(C)(CN)c2ccc(OC)cc2)cc1. The normalized spacial score (nSPS) is 13.7. The van der Waals surface area contributed by atoms with Gasteiger partial charge in [-0.1, -0.05) is 50.2 Å². The first kappa shape index (κ1) is 15.6. The van der Waals surface area contributed by atoms with Crippen LogP contribution in [0.1, 0.15) is 30.5 Å². The van der Waals surface area contributed by atoms with Crippen molar-refractivity contribution in [1.82, 2.24) is 0 Å². The number of nitrogens with two attached hydrogens (primary N) is 1. The average Bonchev–Trinajstić information content (AvgIpc) is 2.55. The van der Waals surface area contributed by atoms with E-state index in [1.807, 2.05) is 12.1 Å². The maximum atomic E-state index is 6.08. The third-order valence-corrected chi connectivity index (χ3v) is 4.26. The number of benzene rings is 2. The van der Waals surface area contributed by atoms with Crippen LogP contribution in [0.15, 0.2) is 48.5 Å². The Morgan fingerprint density at radius 3 is 2.00 bits per heavy atom. The molecule has 0 amide bonds. The third kappa shape index (κ3) is 3.64. The standard InChI is InChI=1S/C19H25NO/c1-4-15-5-7-16(8-6-15)13-19(2,14-20)17-9-11-18(21-3)12-10-17/h5-12H,4,13-14,20H2,1-3H3. The molecule has 2 aromatic carbocycles. The van der Waals surface area contributed by atoms with Gasteiger partial charge in [0.15, 0.2) is 0 Å². The summed E-state index contributed by atoms with van der Waals surface area (Å²) in [6.07, 6.45) is 2.02. The summed E-state index contributed by atoms with van der Waals surface area (Å²) >= 11 is 0. The quantitative estimate of drug-likeness (QED) is 0.877. The highest BCUT2D eigenvalue weighted by atomic mass is 16.5. The topological polar surface area (TPSA) is 35.2 Å². The number of aryl methyl sites for hydroxylation is 1. The van der Waals surface area contributed by atoms with Gasteiger partial charge in [-0.15, -0.1) is 0 Å². The van der Waals surface area contributed by atoms with Crippen LogP contribution in [-0.2, 0) is 18.3 Å². The van der Waals surface area contributed by atoms with Crippen LogP contribution in [0.3, 0.4) is 0 Å². The zero-order valence-corrected chi connectivity index (χ0v) is 13.2. The highest BCUT2D eigenvalue weighted by Gasteiger charge is 2.25. The number of rotatable bonds is 6. The molecule has 0 heterocycles. The third-order valence-electron chi connectivity index (χ3n) is 4.26. The predicted octanol–water partition coefficient (Wildman–Crippen LogP) is 3.72. The largest absolute Gasteiger partial charge is 0.497 e. The molecule has 1 unspecified atom stereocenters. The first-order valence-corrected chi connectivity index (χ1v) is 7.53. The maximum absolute atomic E-state index is 6.08. The second kappa shape index (κ2) is 6.77. The van der Waals surface area contributed by atoms with E-state index >= 15 is 0 Å². The molecule has 0 bridgehead atoms. The average molecular weight is 283 g/mol. The lowest BCUT2D eigenvalue weighted by Gasteiger charge is -2.29. The highest BCUT2D eigenvalue weighted by molar-refractivity contribution is 5.34. The summed E-state index contributed by atoms with van der Waals surface area (Å²) in [5.74, 6) is 0.880. The Kier molecular flexibility index (Phi) is 5.03. The molecule has 0 fully saturated rings. The molecular weight excluding hydrogens is 258 g/mol. The second-order valence-electron chi connectivity index (χ2n) is 5.84. The van der Waals surface area contributed by atoms with Crippen molar-refractivity contribution in [1.29, 1.82) is 0 Å². The minimum Gasteiger partial charge on any atom is -0.497 e. The Morgan fingerprint density at radius 2 is 1.52 bits per heavy atom. The van der Waals surface area contributed by atoms with Gasteiger partial charge in [0.1, 0.15) is 5.75 Å². The van der Waals surface area contributed by atoms with E-state index in [1.54, 1.807) is 7.11 Å². The van der Waals surface area contributed by atoms with Gasteiger partial charge in [0.25, 0.3) is 0 Å². The molecule has 2 nitrogen and oxygen atoms in total. The Bertz CT molecular complexity index is 559. The summed E-state index contributed by atoms with van der Waals surface area (Å²) in [7, 11) is 1.69. The van der Waals surface area contributed by atoms with Crippen molar-refractivity contribution in [3.63, 3.8) is 0 Å². The van der Waals surface area contributed by atoms with Crippen LogP contribution < -0.4 is 10.5 Å². The highest BCUT2D eigenvalue weighted by Crippen LogP contribution is 2.29. The van der Waals surface area contributed by atoms with Gasteiger partial charge < -0.3 is 10.5 Å². The summed E-state index contributed by atoms with van der Waals surface area (Å²) in [5.41, 5.74) is 9.98. The summed E-state index contributed by atoms with van der Waals surface area (Å²) in [6.45, 7) is 5.02. The van der Waals surface area contributed by atoms with Crippen LogP contribution in [0, 0.1) is 0 Å². The molecule has 0 radical (unpaired) electrons. The number of hydrogen-bond donors (Lipinski definition) is 1. The zero-order valence-electron chi connectivity index (χ0n) is 13.2. The van der Waals surface area contributed by atoms with Crippen LogP contribution in [0.5, 0.6) is 5.75 Å². The van der Waals surface area contributed by atoms with Crippen molar-refractivity contribution in [2.45, 2.75) is 32.1 Å². The van der Waals surface area contributed by atoms with Crippen LogP contribution in [0.4, 0.5) is 0 Å². The molecule has 2 N–H and O–H groups in total. The number of methoxy groups -OCH3 is 1. The number of ether oxygens (including phenoxy) is 1. The molecule has 0 aliphatic rings. The van der Waals surface area contributed by atoms with E-state index in [4.69, 9.17) is 10.5 Å². The fourth-order valence-corrected chi connectivity index (χ4v) is 2.63. The van der Waals surface area contributed by atoms with E-state index in [9.17, 15) is 0 Å². The van der Waals surface area contributed by atoms with Crippen LogP contribution in [0.25, 0.3) is 0 Å². The Morgan fingerprint density at radius 1 is 0.952 bits per heavy atom. The van der Waals surface area contributed by atoms with E-state index in [0.717, 1.165) is 18.6 Å². The van der Waals surface area contributed by atoms with Crippen molar-refractivity contribution >= 4 is 0 Å². The van der Waals surface area contributed by atoms with Crippen LogP contribution in [0.2, 0.25) is 0 Å². The number of hydrogen-bond acceptors (Lipinski definition) is 2. The molecule has 0 aliphatic heterocycles. The van der Waals surface area contributed by atoms with Gasteiger partial charge in [0.05, 0.1) is 7.11 Å². The lowest BCUT2D eigenvalue weighted by atomic mass is 9.77. The van der Waals surface area contributed by atoms with Gasteiger partial charge in [-0.3, -0.25) is 0 Å². The fourth-order valence-electron chi connectivity index (χ4n) is 2.63. The van der Waals surface area contributed by atoms with Crippen molar-refractivity contribution in [2.75, 3.05) is 13.7 Å². The lowest BCUT2D eigenvalue weighted by molar-refractivity contribution is 0.413. The summed E-state index contributed by atoms with van der Waals surface area (Å²) in [5, 5.41) is 0. The zero-order chi connectivity index (χ0) is 15.3. The molecule has 2 rings (SSSR count). The molecule has 0 aliphatic carbocycles. The Balaban J connectivity index is 2.22. The van der Waals surface area contributed by atoms with E-state index in [2.05, 4.69) is 50.2 Å². The first-order valence-electron chi connectivity index (χ1n) is 7.53. The maximum Gasteiger partial charge on any atom is 0.118 e. The van der Waals surface area contributed by atoms with Gasteiger partial charge in [-0.05, 0) is 41.7 Å². The smallest absolute Gasteiger partial charge is 0.118 e. The van der Waals surface area contributed by atoms with E-state index in [1.165, 1.54) is 16.7 Å². The lowest BCUT2D eigenvalue weighted by Crippen LogP contribution is -2.34. The van der Waals surface area contributed by atoms with Crippen molar-refractivity contribution < 1.29 is 4.74 Å². The fraction of sp³-hybridized carbons (Fsp3) is 0.368. The minimum atomic E-state index is -0.0556. The van der Waals surface area contributed by atoms with Gasteiger partial charge in [0, 0.05) is 12.0 Å². The molecule has 2 aromatic rings. The van der Waals surface area contributed by atoms with Crippen molar-refractivity contribution in [3.8, 4) is 5.75 Å². The molecule has 2 heteroatoms. The molecule has 112 valence electrons. The molecule has 0 aromatic heterocycles. The van der Waals surface area contributed by atoms with Gasteiger partial charge >= 0.3 is 0 Å². The van der Waals surface area contributed by atoms with Crippen molar-refractivity contribution in [2.24, 2.45) is 5.73 Å². The Labute approximate surface area is 127 Å². The van der Waals surface area contributed by atoms with E-state index in [-0.39, 0.29) is 5.41 Å².